The van der Waals surface area contributed by atoms with E-state index in [2.05, 4.69) is 18.7 Å². The molecule has 0 fully saturated rings. The van der Waals surface area contributed by atoms with E-state index in [9.17, 15) is 9.18 Å². The van der Waals surface area contributed by atoms with Crippen LogP contribution in [0.5, 0.6) is 0 Å². The molecule has 0 radical (unpaired) electrons. The predicted octanol–water partition coefficient (Wildman–Crippen LogP) is 2.80. The average Bonchev–Trinajstić information content (AvgIpc) is 2.51. The maximum atomic E-state index is 13.4. The van der Waals surface area contributed by atoms with Crippen LogP contribution in [0.25, 0.3) is 0 Å². The molecule has 1 aromatic carbocycles. The van der Waals surface area contributed by atoms with Crippen LogP contribution in [0.2, 0.25) is 0 Å². The molecule has 0 spiro atoms. The van der Waals surface area contributed by atoms with E-state index in [1.165, 1.54) is 0 Å². The highest BCUT2D eigenvalue weighted by Crippen LogP contribution is 2.25. The van der Waals surface area contributed by atoms with Crippen molar-refractivity contribution >= 4 is 5.97 Å². The van der Waals surface area contributed by atoms with Gasteiger partial charge in [0.25, 0.3) is 0 Å². The number of halogens is 1. The Morgan fingerprint density at radius 2 is 1.85 bits per heavy atom. The van der Waals surface area contributed by atoms with Crippen LogP contribution in [0.3, 0.4) is 0 Å². The third-order valence-corrected chi connectivity index (χ3v) is 3.66. The zero-order valence-corrected chi connectivity index (χ0v) is 12.6. The Bertz CT molecular complexity index is 406. The van der Waals surface area contributed by atoms with E-state index in [1.807, 2.05) is 6.07 Å². The Morgan fingerprint density at radius 3 is 2.35 bits per heavy atom. The molecule has 0 aromatic heterocycles. The number of carbonyl (C=O) groups is 1. The van der Waals surface area contributed by atoms with Crippen LogP contribution < -0.4 is 0 Å². The van der Waals surface area contributed by atoms with Gasteiger partial charge < -0.3 is 9.64 Å². The van der Waals surface area contributed by atoms with Crippen molar-refractivity contribution in [1.29, 1.82) is 0 Å². The van der Waals surface area contributed by atoms with Crippen molar-refractivity contribution in [3.05, 3.63) is 35.9 Å². The lowest BCUT2D eigenvalue weighted by Crippen LogP contribution is -2.38. The molecule has 0 aliphatic rings. The van der Waals surface area contributed by atoms with Crippen LogP contribution in [-0.4, -0.2) is 43.8 Å². The number of hydrogen-bond donors (Lipinski definition) is 0. The summed E-state index contributed by atoms with van der Waals surface area (Å²) in [4.78, 5) is 14.3. The van der Waals surface area contributed by atoms with Crippen LogP contribution in [-0.2, 0) is 14.9 Å². The first-order valence-corrected chi connectivity index (χ1v) is 7.09. The van der Waals surface area contributed by atoms with Crippen LogP contribution in [0, 0.1) is 0 Å². The first kappa shape index (κ1) is 16.6. The molecule has 0 N–H and O–H groups in total. The van der Waals surface area contributed by atoms with E-state index in [1.54, 1.807) is 31.2 Å². The van der Waals surface area contributed by atoms with Crippen LogP contribution in [0.4, 0.5) is 4.39 Å². The molecule has 0 aliphatic heterocycles. The minimum Gasteiger partial charge on any atom is -0.464 e. The van der Waals surface area contributed by atoms with Gasteiger partial charge in [-0.05, 0) is 25.6 Å². The standard InChI is InChI=1S/C16H24FNO2/c1-4-18(5-2)11-12-20-15(19)16(3,13-17)14-9-7-6-8-10-14/h6-10H,4-5,11-13H2,1-3H3/t16-/m1/s1. The molecule has 3 nitrogen and oxygen atoms in total. The van der Waals surface area contributed by atoms with Crippen LogP contribution in [0.15, 0.2) is 30.3 Å². The first-order valence-electron chi connectivity index (χ1n) is 7.09. The summed E-state index contributed by atoms with van der Waals surface area (Å²) in [5, 5.41) is 0. The number of ether oxygens (including phenoxy) is 1. The molecule has 4 heteroatoms. The number of alkyl halides is 1. The molecule has 0 saturated carbocycles. The molecular formula is C16H24FNO2. The van der Waals surface area contributed by atoms with Crippen molar-refractivity contribution in [1.82, 2.24) is 4.90 Å². The van der Waals surface area contributed by atoms with E-state index >= 15 is 0 Å². The summed E-state index contributed by atoms with van der Waals surface area (Å²) in [6, 6.07) is 8.95. The maximum Gasteiger partial charge on any atom is 0.319 e. The Hall–Kier alpha value is -1.42. The minimum atomic E-state index is -1.22. The second-order valence-corrected chi connectivity index (χ2v) is 4.99. The Morgan fingerprint density at radius 1 is 1.25 bits per heavy atom. The van der Waals surface area contributed by atoms with Crippen LogP contribution in [0.1, 0.15) is 26.3 Å². The van der Waals surface area contributed by atoms with Crippen molar-refractivity contribution in [3.63, 3.8) is 0 Å². The highest BCUT2D eigenvalue weighted by atomic mass is 19.1. The van der Waals surface area contributed by atoms with Gasteiger partial charge in [0.05, 0.1) is 0 Å². The van der Waals surface area contributed by atoms with Gasteiger partial charge in [-0.1, -0.05) is 44.2 Å². The van der Waals surface area contributed by atoms with Gasteiger partial charge in [-0.25, -0.2) is 4.39 Å². The highest BCUT2D eigenvalue weighted by Gasteiger charge is 2.37. The average molecular weight is 281 g/mol. The molecule has 112 valence electrons. The third kappa shape index (κ3) is 4.04. The van der Waals surface area contributed by atoms with Crippen molar-refractivity contribution in [3.8, 4) is 0 Å². The molecule has 1 rings (SSSR count). The zero-order chi connectivity index (χ0) is 15.0. The van der Waals surface area contributed by atoms with E-state index in [-0.39, 0.29) is 0 Å². The summed E-state index contributed by atoms with van der Waals surface area (Å²) in [5.41, 5.74) is -0.569. The third-order valence-electron chi connectivity index (χ3n) is 3.66. The van der Waals surface area contributed by atoms with Gasteiger partial charge >= 0.3 is 5.97 Å². The number of hydrogen-bond acceptors (Lipinski definition) is 3. The van der Waals surface area contributed by atoms with E-state index in [4.69, 9.17) is 4.74 Å². The summed E-state index contributed by atoms with van der Waals surface area (Å²) >= 11 is 0. The molecule has 0 amide bonds. The van der Waals surface area contributed by atoms with Crippen LogP contribution >= 0.6 is 0 Å². The number of rotatable bonds is 8. The van der Waals surface area contributed by atoms with E-state index < -0.39 is 18.1 Å². The Balaban J connectivity index is 2.64. The minimum absolute atomic E-state index is 0.295. The summed E-state index contributed by atoms with van der Waals surface area (Å²) in [6.45, 7) is 7.73. The number of likely N-dealkylation sites (N-methyl/N-ethyl adjacent to an activating group) is 1. The summed E-state index contributed by atoms with van der Waals surface area (Å²) < 4.78 is 18.7. The van der Waals surface area contributed by atoms with Gasteiger partial charge in [-0.15, -0.1) is 0 Å². The normalized spacial score (nSPS) is 14.1. The van der Waals surface area contributed by atoms with Gasteiger partial charge in [0.15, 0.2) is 0 Å². The zero-order valence-electron chi connectivity index (χ0n) is 12.6. The molecule has 0 unspecified atom stereocenters. The summed E-state index contributed by atoms with van der Waals surface area (Å²) in [5.74, 6) is -0.502. The van der Waals surface area contributed by atoms with E-state index in [0.717, 1.165) is 13.1 Å². The topological polar surface area (TPSA) is 29.5 Å². The molecule has 1 aromatic rings. The molecule has 0 bridgehead atoms. The van der Waals surface area contributed by atoms with Gasteiger partial charge in [-0.2, -0.15) is 0 Å². The smallest absolute Gasteiger partial charge is 0.319 e. The fourth-order valence-corrected chi connectivity index (χ4v) is 2.02. The molecule has 1 atom stereocenters. The van der Waals surface area contributed by atoms with Gasteiger partial charge in [0, 0.05) is 6.54 Å². The lowest BCUT2D eigenvalue weighted by atomic mass is 9.84. The second kappa shape index (κ2) is 8.00. The molecular weight excluding hydrogens is 257 g/mol. The SMILES string of the molecule is CCN(CC)CCOC(=O)[C@](C)(CF)c1ccccc1. The van der Waals surface area contributed by atoms with Gasteiger partial charge in [-0.3, -0.25) is 4.79 Å². The second-order valence-electron chi connectivity index (χ2n) is 4.99. The fraction of sp³-hybridized carbons (Fsp3) is 0.562. The van der Waals surface area contributed by atoms with E-state index in [0.29, 0.717) is 18.7 Å². The van der Waals surface area contributed by atoms with Gasteiger partial charge in [0.2, 0.25) is 0 Å². The predicted molar refractivity (Wildman–Crippen MR) is 78.5 cm³/mol. The molecule has 0 heterocycles. The quantitative estimate of drug-likeness (QED) is 0.686. The lowest BCUT2D eigenvalue weighted by Gasteiger charge is -2.25. The first-order chi connectivity index (χ1) is 9.58. The number of esters is 1. The molecule has 0 aliphatic carbocycles. The maximum absolute atomic E-state index is 13.4. The monoisotopic (exact) mass is 281 g/mol. The fourth-order valence-electron chi connectivity index (χ4n) is 2.02. The van der Waals surface area contributed by atoms with Crippen molar-refractivity contribution in [2.75, 3.05) is 32.9 Å². The van der Waals surface area contributed by atoms with Gasteiger partial charge in [0.1, 0.15) is 18.7 Å². The summed E-state index contributed by atoms with van der Waals surface area (Å²) in [7, 11) is 0. The number of nitrogens with zero attached hydrogens (tertiary/aromatic N) is 1. The Labute approximate surface area is 120 Å². The Kier molecular flexibility index (Phi) is 6.65. The van der Waals surface area contributed by atoms with Crippen molar-refractivity contribution in [2.45, 2.75) is 26.2 Å². The lowest BCUT2D eigenvalue weighted by molar-refractivity contribution is -0.151. The number of carbonyl (C=O) groups excluding carboxylic acids is 1. The largest absolute Gasteiger partial charge is 0.464 e. The number of benzene rings is 1. The molecule has 0 saturated heterocycles. The van der Waals surface area contributed by atoms with Crippen molar-refractivity contribution in [2.24, 2.45) is 0 Å². The highest BCUT2D eigenvalue weighted by molar-refractivity contribution is 5.82. The summed E-state index contributed by atoms with van der Waals surface area (Å²) in [6.07, 6.45) is 0. The molecule has 20 heavy (non-hydrogen) atoms. The van der Waals surface area contributed by atoms with Crippen molar-refractivity contribution < 1.29 is 13.9 Å².